The third-order valence-corrected chi connectivity index (χ3v) is 9.14. The third-order valence-electron chi connectivity index (χ3n) is 7.00. The molecule has 0 atom stereocenters. The second-order valence-electron chi connectivity index (χ2n) is 9.08. The van der Waals surface area contributed by atoms with Crippen LogP contribution >= 0.6 is 23.1 Å². The Morgan fingerprint density at radius 3 is 2.50 bits per heavy atom. The maximum Gasteiger partial charge on any atom is 0.332 e. The molecular weight excluding hydrogens is 474 g/mol. The molecule has 0 spiro atoms. The number of carbonyl (C=O) groups is 1. The Labute approximate surface area is 203 Å². The van der Waals surface area contributed by atoms with E-state index in [2.05, 4.69) is 0 Å². The van der Waals surface area contributed by atoms with Gasteiger partial charge < -0.3 is 5.73 Å². The number of nitrogen functional groups attached to an aromatic ring is 1. The van der Waals surface area contributed by atoms with Crippen molar-refractivity contribution in [3.63, 3.8) is 0 Å². The molecule has 0 saturated heterocycles. The number of nitrogens with two attached hydrogens (primary N) is 1. The summed E-state index contributed by atoms with van der Waals surface area (Å²) in [5.41, 5.74) is 5.59. The number of hydrogen-bond acceptors (Lipinski definition) is 8. The number of thioether (sulfide) groups is 1. The van der Waals surface area contributed by atoms with E-state index in [0.717, 1.165) is 88.0 Å². The van der Waals surface area contributed by atoms with Crippen LogP contribution in [0.2, 0.25) is 0 Å². The lowest BCUT2D eigenvalue weighted by Gasteiger charge is -2.18. The molecule has 0 aromatic carbocycles. The van der Waals surface area contributed by atoms with Gasteiger partial charge in [0, 0.05) is 25.0 Å². The number of hydrogen-bond donors (Lipinski definition) is 1. The maximum atomic E-state index is 13.7. The standard InChI is InChI=1S/C23H27N5O4S2/c1-26-18(24)17(20(30)27(2)23(26)32)14(29)11-33-22-25-19-16(13-9-5-6-10-15(13)34-19)21(31)28(22)12-7-3-4-8-12/h12H,3-11,24H2,1-2H3. The van der Waals surface area contributed by atoms with Crippen LogP contribution < -0.4 is 22.5 Å². The van der Waals surface area contributed by atoms with E-state index in [9.17, 15) is 19.2 Å². The summed E-state index contributed by atoms with van der Waals surface area (Å²) in [6, 6.07) is 0.0663. The van der Waals surface area contributed by atoms with Gasteiger partial charge in [0.1, 0.15) is 16.2 Å². The van der Waals surface area contributed by atoms with Crippen LogP contribution in [0.4, 0.5) is 5.82 Å². The van der Waals surface area contributed by atoms with Crippen LogP contribution in [0.3, 0.4) is 0 Å². The van der Waals surface area contributed by atoms with Crippen LogP contribution in [-0.4, -0.2) is 30.2 Å². The van der Waals surface area contributed by atoms with E-state index < -0.39 is 17.0 Å². The Kier molecular flexibility index (Phi) is 6.01. The van der Waals surface area contributed by atoms with Crippen molar-refractivity contribution in [3.8, 4) is 0 Å². The Morgan fingerprint density at radius 1 is 1.06 bits per heavy atom. The second-order valence-corrected chi connectivity index (χ2v) is 11.1. The number of ketones is 1. The van der Waals surface area contributed by atoms with Crippen LogP contribution in [0.5, 0.6) is 0 Å². The summed E-state index contributed by atoms with van der Waals surface area (Å²) in [6.45, 7) is 0. The number of aromatic nitrogens is 4. The van der Waals surface area contributed by atoms with E-state index in [1.807, 2.05) is 0 Å². The number of fused-ring (bicyclic) bond motifs is 3. The fraction of sp³-hybridized carbons (Fsp3) is 0.522. The zero-order chi connectivity index (χ0) is 24.1. The Bertz CT molecular complexity index is 1490. The van der Waals surface area contributed by atoms with Gasteiger partial charge >= 0.3 is 5.69 Å². The van der Waals surface area contributed by atoms with Gasteiger partial charge in [0.05, 0.1) is 11.1 Å². The third kappa shape index (κ3) is 3.65. The predicted octanol–water partition coefficient (Wildman–Crippen LogP) is 2.41. The highest BCUT2D eigenvalue weighted by Crippen LogP contribution is 2.37. The summed E-state index contributed by atoms with van der Waals surface area (Å²) in [4.78, 5) is 58.4. The topological polar surface area (TPSA) is 122 Å². The summed E-state index contributed by atoms with van der Waals surface area (Å²) in [7, 11) is 2.74. The van der Waals surface area contributed by atoms with Crippen LogP contribution in [0.1, 0.15) is 65.4 Å². The van der Waals surface area contributed by atoms with Gasteiger partial charge in [0.2, 0.25) is 0 Å². The van der Waals surface area contributed by atoms with Gasteiger partial charge in [-0.25, -0.2) is 9.78 Å². The molecule has 0 amide bonds. The quantitative estimate of drug-likeness (QED) is 0.324. The van der Waals surface area contributed by atoms with E-state index in [1.54, 1.807) is 15.9 Å². The molecule has 5 rings (SSSR count). The molecule has 0 aliphatic heterocycles. The number of carbonyl (C=O) groups excluding carboxylic acids is 1. The fourth-order valence-corrected chi connectivity index (χ4v) is 7.35. The second kappa shape index (κ2) is 8.84. The Hall–Kier alpha value is -2.66. The number of rotatable bonds is 5. The number of Topliss-reactive ketones (excluding diaryl/α,β-unsaturated/α-hetero) is 1. The molecule has 0 unspecified atom stereocenters. The zero-order valence-electron chi connectivity index (χ0n) is 19.3. The molecule has 180 valence electrons. The van der Waals surface area contributed by atoms with Gasteiger partial charge in [0.15, 0.2) is 10.9 Å². The highest BCUT2D eigenvalue weighted by atomic mass is 32.2. The lowest BCUT2D eigenvalue weighted by atomic mass is 9.97. The summed E-state index contributed by atoms with van der Waals surface area (Å²) in [5, 5.41) is 1.26. The first-order valence-corrected chi connectivity index (χ1v) is 13.4. The first kappa shape index (κ1) is 23.1. The summed E-state index contributed by atoms with van der Waals surface area (Å²) < 4.78 is 3.76. The summed E-state index contributed by atoms with van der Waals surface area (Å²) >= 11 is 2.75. The molecule has 3 heterocycles. The van der Waals surface area contributed by atoms with Crippen molar-refractivity contribution in [3.05, 3.63) is 47.2 Å². The molecule has 34 heavy (non-hydrogen) atoms. The minimum absolute atomic E-state index is 0.0104. The molecule has 3 aromatic heterocycles. The van der Waals surface area contributed by atoms with Gasteiger partial charge in [-0.15, -0.1) is 11.3 Å². The molecule has 1 fully saturated rings. The highest BCUT2D eigenvalue weighted by Gasteiger charge is 2.28. The van der Waals surface area contributed by atoms with Crippen molar-refractivity contribution in [2.24, 2.45) is 14.1 Å². The minimum atomic E-state index is -0.714. The normalized spacial score (nSPS) is 16.3. The van der Waals surface area contributed by atoms with Crippen LogP contribution in [-0.2, 0) is 26.9 Å². The van der Waals surface area contributed by atoms with E-state index in [4.69, 9.17) is 10.7 Å². The lowest BCUT2D eigenvalue weighted by Crippen LogP contribution is -2.41. The molecule has 2 aliphatic carbocycles. The highest BCUT2D eigenvalue weighted by molar-refractivity contribution is 7.99. The minimum Gasteiger partial charge on any atom is -0.384 e. The molecule has 1 saturated carbocycles. The first-order valence-electron chi connectivity index (χ1n) is 11.6. The molecule has 3 aromatic rings. The molecular formula is C23H27N5O4S2. The van der Waals surface area contributed by atoms with Crippen LogP contribution in [0, 0.1) is 0 Å². The Balaban J connectivity index is 1.56. The maximum absolute atomic E-state index is 13.7. The van der Waals surface area contributed by atoms with Crippen molar-refractivity contribution >= 4 is 44.9 Å². The van der Waals surface area contributed by atoms with Crippen molar-refractivity contribution in [2.75, 3.05) is 11.5 Å². The number of aryl methyl sites for hydroxylation is 2. The molecule has 11 heteroatoms. The monoisotopic (exact) mass is 501 g/mol. The molecule has 2 N–H and O–H groups in total. The van der Waals surface area contributed by atoms with Crippen molar-refractivity contribution in [1.29, 1.82) is 0 Å². The van der Waals surface area contributed by atoms with E-state index in [0.29, 0.717) is 5.16 Å². The number of anilines is 1. The van der Waals surface area contributed by atoms with Gasteiger partial charge in [0.25, 0.3) is 11.1 Å². The molecule has 0 bridgehead atoms. The van der Waals surface area contributed by atoms with Crippen molar-refractivity contribution in [1.82, 2.24) is 18.7 Å². The summed E-state index contributed by atoms with van der Waals surface area (Å²) in [5.74, 6) is -0.745. The number of thiophene rings is 1. The van der Waals surface area contributed by atoms with Crippen molar-refractivity contribution in [2.45, 2.75) is 62.6 Å². The fourth-order valence-electron chi connectivity index (χ4n) is 5.11. The van der Waals surface area contributed by atoms with Gasteiger partial charge in [-0.3, -0.25) is 28.1 Å². The van der Waals surface area contributed by atoms with Crippen molar-refractivity contribution < 1.29 is 4.79 Å². The van der Waals surface area contributed by atoms with E-state index in [1.165, 1.54) is 19.0 Å². The average molecular weight is 502 g/mol. The number of nitrogens with zero attached hydrogens (tertiary/aromatic N) is 4. The van der Waals surface area contributed by atoms with Gasteiger partial charge in [-0.05, 0) is 44.1 Å². The zero-order valence-corrected chi connectivity index (χ0v) is 20.9. The summed E-state index contributed by atoms with van der Waals surface area (Å²) in [6.07, 6.45) is 8.05. The molecule has 0 radical (unpaired) electrons. The van der Waals surface area contributed by atoms with Gasteiger partial charge in [-0.1, -0.05) is 24.6 Å². The largest absolute Gasteiger partial charge is 0.384 e. The smallest absolute Gasteiger partial charge is 0.332 e. The average Bonchev–Trinajstić information content (AvgIpc) is 3.48. The SMILES string of the molecule is Cn1c(N)c(C(=O)CSc2nc3sc4c(c3c(=O)n2C2CCCC2)CCCC4)c(=O)n(C)c1=O. The lowest BCUT2D eigenvalue weighted by molar-refractivity contribution is 0.102. The van der Waals surface area contributed by atoms with Crippen LogP contribution in [0.15, 0.2) is 19.5 Å². The Morgan fingerprint density at radius 2 is 1.76 bits per heavy atom. The molecule has 9 nitrogen and oxygen atoms in total. The van der Waals surface area contributed by atoms with E-state index >= 15 is 0 Å². The predicted molar refractivity (Wildman–Crippen MR) is 134 cm³/mol. The van der Waals surface area contributed by atoms with E-state index in [-0.39, 0.29) is 28.7 Å². The van der Waals surface area contributed by atoms with Crippen LogP contribution in [0.25, 0.3) is 10.2 Å². The molecule has 2 aliphatic rings. The first-order chi connectivity index (χ1) is 16.3. The van der Waals surface area contributed by atoms with Gasteiger partial charge in [-0.2, -0.15) is 0 Å².